The van der Waals surface area contributed by atoms with E-state index in [1.807, 2.05) is 0 Å². The van der Waals surface area contributed by atoms with Gasteiger partial charge >= 0.3 is 16.6 Å². The summed E-state index contributed by atoms with van der Waals surface area (Å²) in [6.45, 7) is 2.12. The number of benzene rings is 1. The summed E-state index contributed by atoms with van der Waals surface area (Å²) in [7, 11) is -4.37. The van der Waals surface area contributed by atoms with Crippen LogP contribution in [0.25, 0.3) is 0 Å². The molecule has 7 heteroatoms. The predicted molar refractivity (Wildman–Crippen MR) is 81.8 cm³/mol. The zero-order chi connectivity index (χ0) is 16.3. The Balaban J connectivity index is 2.21. The van der Waals surface area contributed by atoms with Crippen LogP contribution >= 0.6 is 0 Å². The Morgan fingerprint density at radius 3 is 2.32 bits per heavy atom. The van der Waals surface area contributed by atoms with Crippen LogP contribution in [-0.2, 0) is 18.8 Å². The minimum atomic E-state index is -4.37. The van der Waals surface area contributed by atoms with Crippen molar-refractivity contribution in [1.29, 1.82) is 0 Å². The lowest BCUT2D eigenvalue weighted by Crippen LogP contribution is -2.19. The van der Waals surface area contributed by atoms with Gasteiger partial charge in [-0.3, -0.25) is 4.18 Å². The van der Waals surface area contributed by atoms with Gasteiger partial charge in [0.1, 0.15) is 5.75 Å². The summed E-state index contributed by atoms with van der Waals surface area (Å²) in [6, 6.07) is 8.03. The maximum atomic E-state index is 11.4. The lowest BCUT2D eigenvalue weighted by molar-refractivity contribution is 0.141. The van der Waals surface area contributed by atoms with Crippen LogP contribution in [0.15, 0.2) is 30.3 Å². The van der Waals surface area contributed by atoms with Gasteiger partial charge in [0, 0.05) is 0 Å². The molecule has 0 N–H and O–H groups in total. The summed E-state index contributed by atoms with van der Waals surface area (Å²) >= 11 is 0. The fourth-order valence-corrected chi connectivity index (χ4v) is 2.32. The molecule has 0 saturated heterocycles. The van der Waals surface area contributed by atoms with Crippen molar-refractivity contribution < 1.29 is 26.3 Å². The van der Waals surface area contributed by atoms with Gasteiger partial charge in [-0.2, -0.15) is 8.42 Å². The van der Waals surface area contributed by atoms with Crippen molar-refractivity contribution in [3.63, 3.8) is 0 Å². The Kier molecular flexibility index (Phi) is 8.54. The van der Waals surface area contributed by atoms with E-state index in [2.05, 4.69) is 15.3 Å². The van der Waals surface area contributed by atoms with Crippen molar-refractivity contribution in [2.24, 2.45) is 0 Å². The molecule has 1 rings (SSSR count). The van der Waals surface area contributed by atoms with Gasteiger partial charge in [0.15, 0.2) is 0 Å². The number of hydrogen-bond acceptors (Lipinski definition) is 6. The third-order valence-electron chi connectivity index (χ3n) is 2.84. The third-order valence-corrected chi connectivity index (χ3v) is 3.64. The van der Waals surface area contributed by atoms with E-state index in [9.17, 15) is 13.2 Å². The molecule has 0 aliphatic carbocycles. The monoisotopic (exact) mass is 330 g/mol. The van der Waals surface area contributed by atoms with Crippen LogP contribution < -0.4 is 4.74 Å². The molecule has 124 valence electrons. The molecule has 0 fully saturated rings. The van der Waals surface area contributed by atoms with E-state index in [-0.39, 0.29) is 12.4 Å². The van der Waals surface area contributed by atoms with Gasteiger partial charge in [-0.1, -0.05) is 57.2 Å². The highest BCUT2D eigenvalue weighted by molar-refractivity contribution is 7.82. The lowest BCUT2D eigenvalue weighted by Gasteiger charge is -2.06. The minimum absolute atomic E-state index is 0.00687. The van der Waals surface area contributed by atoms with E-state index in [1.54, 1.807) is 18.2 Å². The Labute approximate surface area is 131 Å². The Morgan fingerprint density at radius 1 is 1.00 bits per heavy atom. The molecule has 1 aromatic rings. The maximum absolute atomic E-state index is 11.4. The summed E-state index contributed by atoms with van der Waals surface area (Å²) in [5.41, 5.74) is 0. The van der Waals surface area contributed by atoms with Crippen molar-refractivity contribution in [2.75, 3.05) is 6.61 Å². The highest BCUT2D eigenvalue weighted by Gasteiger charge is 2.19. The molecule has 6 nitrogen and oxygen atoms in total. The van der Waals surface area contributed by atoms with Crippen molar-refractivity contribution >= 4 is 16.6 Å². The van der Waals surface area contributed by atoms with Crippen molar-refractivity contribution in [3.05, 3.63) is 30.3 Å². The van der Waals surface area contributed by atoms with Crippen LogP contribution in [0.2, 0.25) is 0 Å². The van der Waals surface area contributed by atoms with Crippen molar-refractivity contribution in [1.82, 2.24) is 0 Å². The van der Waals surface area contributed by atoms with Crippen LogP contribution in [0.1, 0.15) is 45.4 Å². The first-order valence-electron chi connectivity index (χ1n) is 7.39. The highest BCUT2D eigenvalue weighted by Crippen LogP contribution is 2.11. The van der Waals surface area contributed by atoms with Gasteiger partial charge in [-0.15, -0.1) is 0 Å². The quantitative estimate of drug-likeness (QED) is 0.368. The predicted octanol–water partition coefficient (Wildman–Crippen LogP) is 3.82. The molecule has 0 heterocycles. The maximum Gasteiger partial charge on any atom is 0.531 e. The van der Waals surface area contributed by atoms with Crippen molar-refractivity contribution in [2.45, 2.75) is 45.4 Å². The van der Waals surface area contributed by atoms with Crippen LogP contribution in [0, 0.1) is 0 Å². The summed E-state index contributed by atoms with van der Waals surface area (Å²) in [5.74, 6) is 0.193. The zero-order valence-corrected chi connectivity index (χ0v) is 13.5. The number of carbonyl (C=O) groups is 1. The molecule has 0 radical (unpaired) electrons. The van der Waals surface area contributed by atoms with E-state index in [4.69, 9.17) is 4.74 Å². The first-order chi connectivity index (χ1) is 10.5. The van der Waals surface area contributed by atoms with Gasteiger partial charge in [0.05, 0.1) is 6.61 Å². The standard InChI is InChI=1S/C15H22O6S/c1-2-3-4-5-6-10-13-19-22(17,18)21-15(16)20-14-11-8-7-9-12-14/h7-9,11-12H,2-6,10,13H2,1H3. The Bertz CT molecular complexity index is 526. The molecule has 0 spiro atoms. The minimum Gasteiger partial charge on any atom is -0.394 e. The number of unbranched alkanes of at least 4 members (excludes halogenated alkanes) is 5. The van der Waals surface area contributed by atoms with Gasteiger partial charge in [-0.25, -0.2) is 8.98 Å². The summed E-state index contributed by atoms with van der Waals surface area (Å²) in [6.07, 6.45) is 4.63. The second-order valence-electron chi connectivity index (χ2n) is 4.75. The normalized spacial score (nSPS) is 11.1. The molecule has 0 saturated carbocycles. The zero-order valence-electron chi connectivity index (χ0n) is 12.7. The van der Waals surface area contributed by atoms with Crippen LogP contribution in [-0.4, -0.2) is 21.2 Å². The third kappa shape index (κ3) is 8.63. The fraction of sp³-hybridized carbons (Fsp3) is 0.533. The van der Waals surface area contributed by atoms with E-state index in [1.165, 1.54) is 18.6 Å². The van der Waals surface area contributed by atoms with E-state index >= 15 is 0 Å². The first-order valence-corrected chi connectivity index (χ1v) is 8.72. The van der Waals surface area contributed by atoms with Crippen LogP contribution in [0.4, 0.5) is 4.79 Å². The molecular formula is C15H22O6S. The Morgan fingerprint density at radius 2 is 1.64 bits per heavy atom. The first kappa shape index (κ1) is 18.4. The number of para-hydroxylation sites is 1. The van der Waals surface area contributed by atoms with Gasteiger partial charge < -0.3 is 4.74 Å². The van der Waals surface area contributed by atoms with Gasteiger partial charge in [-0.05, 0) is 18.6 Å². The number of carbonyl (C=O) groups excluding carboxylic acids is 1. The Hall–Kier alpha value is -1.60. The summed E-state index contributed by atoms with van der Waals surface area (Å²) in [4.78, 5) is 11.3. The molecule has 0 bridgehead atoms. The SMILES string of the molecule is CCCCCCCCOS(=O)(=O)OC(=O)Oc1ccccc1. The second-order valence-corrected chi connectivity index (χ2v) is 5.97. The molecule has 0 atom stereocenters. The lowest BCUT2D eigenvalue weighted by atomic mass is 10.1. The molecular weight excluding hydrogens is 308 g/mol. The van der Waals surface area contributed by atoms with Gasteiger partial charge in [0.25, 0.3) is 0 Å². The molecule has 0 aliphatic rings. The molecule has 0 aromatic heterocycles. The molecule has 22 heavy (non-hydrogen) atoms. The number of hydrogen-bond donors (Lipinski definition) is 0. The molecule has 0 unspecified atom stereocenters. The molecule has 1 aromatic carbocycles. The van der Waals surface area contributed by atoms with Gasteiger partial charge in [0.2, 0.25) is 0 Å². The number of ether oxygens (including phenoxy) is 1. The smallest absolute Gasteiger partial charge is 0.394 e. The summed E-state index contributed by atoms with van der Waals surface area (Å²) < 4.78 is 36.3. The van der Waals surface area contributed by atoms with Crippen LogP contribution in [0.3, 0.4) is 0 Å². The fourth-order valence-electron chi connectivity index (χ4n) is 1.75. The van der Waals surface area contributed by atoms with E-state index < -0.39 is 16.6 Å². The van der Waals surface area contributed by atoms with E-state index in [0.717, 1.165) is 25.7 Å². The number of rotatable bonds is 10. The average Bonchev–Trinajstić information content (AvgIpc) is 2.46. The largest absolute Gasteiger partial charge is 0.531 e. The second kappa shape index (κ2) is 10.2. The molecule has 0 amide bonds. The summed E-state index contributed by atoms with van der Waals surface area (Å²) in [5, 5.41) is 0. The van der Waals surface area contributed by atoms with Crippen LogP contribution in [0.5, 0.6) is 5.75 Å². The van der Waals surface area contributed by atoms with E-state index in [0.29, 0.717) is 6.42 Å². The highest BCUT2D eigenvalue weighted by atomic mass is 32.3. The topological polar surface area (TPSA) is 78.9 Å². The average molecular weight is 330 g/mol. The van der Waals surface area contributed by atoms with Crippen molar-refractivity contribution in [3.8, 4) is 5.75 Å². The molecule has 0 aliphatic heterocycles.